The molecule has 5 heteroatoms. The standard InChI is InChI=1S/C15H17FN2O2/c1-15(2)14(20)17-9-10-18(15)13(19)8-5-11-3-6-12(16)7-4-11/h3-8H,9-10H2,1-2H3,(H,17,20). The van der Waals surface area contributed by atoms with Crippen molar-refractivity contribution in [3.8, 4) is 0 Å². The molecule has 0 atom stereocenters. The van der Waals surface area contributed by atoms with Gasteiger partial charge in [0.15, 0.2) is 0 Å². The second kappa shape index (κ2) is 5.45. The molecule has 1 aliphatic rings. The fraction of sp³-hybridized carbons (Fsp3) is 0.333. The predicted molar refractivity (Wildman–Crippen MR) is 74.2 cm³/mol. The number of nitrogens with zero attached hydrogens (tertiary/aromatic N) is 1. The number of hydrogen-bond acceptors (Lipinski definition) is 2. The Kier molecular flexibility index (Phi) is 3.88. The van der Waals surface area contributed by atoms with Crippen LogP contribution in [0.25, 0.3) is 6.08 Å². The summed E-state index contributed by atoms with van der Waals surface area (Å²) >= 11 is 0. The lowest BCUT2D eigenvalue weighted by atomic mass is 9.98. The predicted octanol–water partition coefficient (Wildman–Crippen LogP) is 1.58. The summed E-state index contributed by atoms with van der Waals surface area (Å²) in [6, 6.07) is 5.85. The van der Waals surface area contributed by atoms with Gasteiger partial charge in [0.1, 0.15) is 11.4 Å². The molecule has 106 valence electrons. The van der Waals surface area contributed by atoms with E-state index in [0.717, 1.165) is 5.56 Å². The number of carbonyl (C=O) groups excluding carboxylic acids is 2. The third-order valence-corrected chi connectivity index (χ3v) is 3.41. The average Bonchev–Trinajstić information content (AvgIpc) is 2.41. The Morgan fingerprint density at radius 3 is 2.65 bits per heavy atom. The highest BCUT2D eigenvalue weighted by Crippen LogP contribution is 2.18. The molecule has 0 spiro atoms. The third-order valence-electron chi connectivity index (χ3n) is 3.41. The Bertz CT molecular complexity index is 549. The lowest BCUT2D eigenvalue weighted by molar-refractivity contribution is -0.146. The first kappa shape index (κ1) is 14.2. The van der Waals surface area contributed by atoms with E-state index in [9.17, 15) is 14.0 Å². The van der Waals surface area contributed by atoms with Gasteiger partial charge in [0.2, 0.25) is 11.8 Å². The van der Waals surface area contributed by atoms with E-state index in [1.54, 1.807) is 32.1 Å². The summed E-state index contributed by atoms with van der Waals surface area (Å²) < 4.78 is 12.8. The number of piperazine rings is 1. The van der Waals surface area contributed by atoms with Crippen molar-refractivity contribution in [1.82, 2.24) is 10.2 Å². The van der Waals surface area contributed by atoms with Crippen LogP contribution in [0.1, 0.15) is 19.4 Å². The van der Waals surface area contributed by atoms with E-state index in [0.29, 0.717) is 13.1 Å². The molecule has 1 aliphatic heterocycles. The second-order valence-electron chi connectivity index (χ2n) is 5.19. The van der Waals surface area contributed by atoms with Gasteiger partial charge in [-0.05, 0) is 37.6 Å². The van der Waals surface area contributed by atoms with Gasteiger partial charge in [-0.2, -0.15) is 0 Å². The summed E-state index contributed by atoms with van der Waals surface area (Å²) in [6.45, 7) is 4.36. The van der Waals surface area contributed by atoms with E-state index < -0.39 is 5.54 Å². The van der Waals surface area contributed by atoms with Crippen LogP contribution >= 0.6 is 0 Å². The lowest BCUT2D eigenvalue weighted by Gasteiger charge is -2.40. The highest BCUT2D eigenvalue weighted by molar-refractivity contribution is 5.97. The van der Waals surface area contributed by atoms with Crippen LogP contribution in [0.2, 0.25) is 0 Å². The summed E-state index contributed by atoms with van der Waals surface area (Å²) in [6.07, 6.45) is 3.03. The van der Waals surface area contributed by atoms with E-state index >= 15 is 0 Å². The first-order chi connectivity index (χ1) is 9.41. The summed E-state index contributed by atoms with van der Waals surface area (Å²) in [5.74, 6) is -0.705. The molecule has 0 unspecified atom stereocenters. The Morgan fingerprint density at radius 2 is 2.00 bits per heavy atom. The van der Waals surface area contributed by atoms with Crippen molar-refractivity contribution >= 4 is 17.9 Å². The van der Waals surface area contributed by atoms with Crippen LogP contribution in [-0.2, 0) is 9.59 Å². The minimum absolute atomic E-state index is 0.160. The topological polar surface area (TPSA) is 49.4 Å². The van der Waals surface area contributed by atoms with E-state index in [4.69, 9.17) is 0 Å². The van der Waals surface area contributed by atoms with Gasteiger partial charge in [-0.1, -0.05) is 12.1 Å². The molecule has 1 saturated heterocycles. The number of halogens is 1. The van der Waals surface area contributed by atoms with Gasteiger partial charge < -0.3 is 10.2 Å². The maximum Gasteiger partial charge on any atom is 0.247 e. The minimum Gasteiger partial charge on any atom is -0.352 e. The summed E-state index contributed by atoms with van der Waals surface area (Å²) in [5.41, 5.74) is -0.123. The van der Waals surface area contributed by atoms with Gasteiger partial charge in [0.25, 0.3) is 0 Å². The van der Waals surface area contributed by atoms with Crippen LogP contribution in [0.4, 0.5) is 4.39 Å². The molecule has 2 amide bonds. The minimum atomic E-state index is -0.859. The SMILES string of the molecule is CC1(C)C(=O)NCCN1C(=O)C=Cc1ccc(F)cc1. The molecule has 0 radical (unpaired) electrons. The number of rotatable bonds is 2. The number of nitrogens with one attached hydrogen (secondary N) is 1. The molecular weight excluding hydrogens is 259 g/mol. The molecule has 1 aromatic rings. The zero-order valence-electron chi connectivity index (χ0n) is 11.5. The van der Waals surface area contributed by atoms with Crippen molar-refractivity contribution < 1.29 is 14.0 Å². The van der Waals surface area contributed by atoms with Gasteiger partial charge in [0, 0.05) is 19.2 Å². The molecule has 1 N–H and O–H groups in total. The van der Waals surface area contributed by atoms with Crippen LogP contribution in [-0.4, -0.2) is 35.3 Å². The normalized spacial score (nSPS) is 18.1. The van der Waals surface area contributed by atoms with Crippen molar-refractivity contribution in [3.05, 3.63) is 41.7 Å². The van der Waals surface area contributed by atoms with E-state index in [1.807, 2.05) is 0 Å². The van der Waals surface area contributed by atoms with Gasteiger partial charge >= 0.3 is 0 Å². The average molecular weight is 276 g/mol. The van der Waals surface area contributed by atoms with Crippen LogP contribution in [0.3, 0.4) is 0 Å². The van der Waals surface area contributed by atoms with Gasteiger partial charge in [-0.15, -0.1) is 0 Å². The summed E-state index contributed by atoms with van der Waals surface area (Å²) in [7, 11) is 0. The van der Waals surface area contributed by atoms with Crippen LogP contribution < -0.4 is 5.32 Å². The monoisotopic (exact) mass is 276 g/mol. The van der Waals surface area contributed by atoms with Crippen LogP contribution in [0, 0.1) is 5.82 Å². The fourth-order valence-corrected chi connectivity index (χ4v) is 2.12. The Labute approximate surface area is 117 Å². The van der Waals surface area contributed by atoms with Gasteiger partial charge in [-0.25, -0.2) is 4.39 Å². The van der Waals surface area contributed by atoms with Crippen LogP contribution in [0.5, 0.6) is 0 Å². The maximum atomic E-state index is 12.8. The van der Waals surface area contributed by atoms with E-state index in [2.05, 4.69) is 5.32 Å². The van der Waals surface area contributed by atoms with Crippen molar-refractivity contribution in [2.45, 2.75) is 19.4 Å². The first-order valence-corrected chi connectivity index (χ1v) is 6.45. The number of amides is 2. The van der Waals surface area contributed by atoms with Gasteiger partial charge in [-0.3, -0.25) is 9.59 Å². The zero-order chi connectivity index (χ0) is 14.8. The molecule has 20 heavy (non-hydrogen) atoms. The molecule has 0 aliphatic carbocycles. The van der Waals surface area contributed by atoms with E-state index in [1.165, 1.54) is 23.1 Å². The highest BCUT2D eigenvalue weighted by atomic mass is 19.1. The fourth-order valence-electron chi connectivity index (χ4n) is 2.12. The lowest BCUT2D eigenvalue weighted by Crippen LogP contribution is -2.63. The van der Waals surface area contributed by atoms with Crippen molar-refractivity contribution in [3.63, 3.8) is 0 Å². The third kappa shape index (κ3) is 2.87. The Hall–Kier alpha value is -2.17. The Balaban J connectivity index is 2.11. The highest BCUT2D eigenvalue weighted by Gasteiger charge is 2.39. The molecule has 0 bridgehead atoms. The molecule has 1 heterocycles. The Morgan fingerprint density at radius 1 is 1.35 bits per heavy atom. The molecule has 4 nitrogen and oxygen atoms in total. The molecular formula is C15H17FN2O2. The van der Waals surface area contributed by atoms with Crippen molar-refractivity contribution in [1.29, 1.82) is 0 Å². The smallest absolute Gasteiger partial charge is 0.247 e. The molecule has 0 saturated carbocycles. The number of carbonyl (C=O) groups is 2. The first-order valence-electron chi connectivity index (χ1n) is 6.45. The summed E-state index contributed by atoms with van der Waals surface area (Å²) in [4.78, 5) is 25.5. The molecule has 0 aromatic heterocycles. The molecule has 1 aromatic carbocycles. The molecule has 2 rings (SSSR count). The zero-order valence-corrected chi connectivity index (χ0v) is 11.5. The van der Waals surface area contributed by atoms with Crippen molar-refractivity contribution in [2.24, 2.45) is 0 Å². The quantitative estimate of drug-likeness (QED) is 0.834. The molecule has 1 fully saturated rings. The largest absolute Gasteiger partial charge is 0.352 e. The summed E-state index contributed by atoms with van der Waals surface area (Å²) in [5, 5.41) is 2.74. The number of hydrogen-bond donors (Lipinski definition) is 1. The maximum absolute atomic E-state index is 12.8. The van der Waals surface area contributed by atoms with Crippen molar-refractivity contribution in [2.75, 3.05) is 13.1 Å². The van der Waals surface area contributed by atoms with E-state index in [-0.39, 0.29) is 17.6 Å². The van der Waals surface area contributed by atoms with Gasteiger partial charge in [0.05, 0.1) is 0 Å². The number of benzene rings is 1. The van der Waals surface area contributed by atoms with Crippen LogP contribution in [0.15, 0.2) is 30.3 Å². The second-order valence-corrected chi connectivity index (χ2v) is 5.19.